The molecule has 4 atom stereocenters. The van der Waals surface area contributed by atoms with E-state index in [1.54, 1.807) is 24.3 Å². The van der Waals surface area contributed by atoms with Crippen molar-refractivity contribution in [3.8, 4) is 28.0 Å². The Hall–Kier alpha value is -7.66. The number of amides is 3. The quantitative estimate of drug-likeness (QED) is 0.0795. The van der Waals surface area contributed by atoms with Crippen LogP contribution in [-0.4, -0.2) is 65.6 Å². The van der Waals surface area contributed by atoms with Gasteiger partial charge >= 0.3 is 5.97 Å². The average molecular weight is 912 g/mol. The minimum Gasteiger partial charge on any atom is -0.486 e. The second-order valence-electron chi connectivity index (χ2n) is 17.4. The third kappa shape index (κ3) is 14.4. The number of benzene rings is 6. The lowest BCUT2D eigenvalue weighted by molar-refractivity contribution is -0.137. The van der Waals surface area contributed by atoms with Gasteiger partial charge in [-0.05, 0) is 88.7 Å². The van der Waals surface area contributed by atoms with Crippen molar-refractivity contribution < 1.29 is 38.6 Å². The fourth-order valence-corrected chi connectivity index (χ4v) is 8.49. The zero-order valence-corrected chi connectivity index (χ0v) is 38.0. The Bertz CT molecular complexity index is 2620. The molecule has 0 saturated carbocycles. The van der Waals surface area contributed by atoms with E-state index in [1.165, 1.54) is 0 Å². The van der Waals surface area contributed by atoms with E-state index in [0.717, 1.165) is 44.5 Å². The van der Waals surface area contributed by atoms with Crippen molar-refractivity contribution in [3.05, 3.63) is 186 Å². The first kappa shape index (κ1) is 48.3. The van der Waals surface area contributed by atoms with Crippen molar-refractivity contribution in [2.45, 2.75) is 69.9 Å². The van der Waals surface area contributed by atoms with Crippen LogP contribution in [0.25, 0.3) is 22.3 Å². The topological polar surface area (TPSA) is 168 Å². The molecule has 6 aromatic rings. The van der Waals surface area contributed by atoms with E-state index in [4.69, 9.17) is 9.84 Å². The minimum absolute atomic E-state index is 0.0805. The summed E-state index contributed by atoms with van der Waals surface area (Å²) in [4.78, 5) is 82.8. The maximum Gasteiger partial charge on any atom is 0.303 e. The normalized spacial score (nSPS) is 18.2. The molecular formula is C57H57N3O8. The van der Waals surface area contributed by atoms with Crippen molar-refractivity contribution in [1.29, 1.82) is 0 Å². The Morgan fingerprint density at radius 3 is 1.71 bits per heavy atom. The van der Waals surface area contributed by atoms with Crippen LogP contribution < -0.4 is 20.7 Å². The Kier molecular flexibility index (Phi) is 17.2. The number of Topliss-reactive ketones (excluding diaryl/α,β-unsaturated/α-hetero) is 2. The number of carbonyl (C=O) groups excluding carboxylic acids is 5. The Morgan fingerprint density at radius 2 is 1.12 bits per heavy atom. The Balaban J connectivity index is 1.21. The van der Waals surface area contributed by atoms with E-state index in [-0.39, 0.29) is 76.1 Å². The van der Waals surface area contributed by atoms with Gasteiger partial charge in [0, 0.05) is 44.1 Å². The highest BCUT2D eigenvalue weighted by Gasteiger charge is 2.33. The highest BCUT2D eigenvalue weighted by molar-refractivity contribution is 5.96. The summed E-state index contributed by atoms with van der Waals surface area (Å²) >= 11 is 0. The number of aliphatic carboxylic acids is 1. The SMILES string of the molecule is O=C(O)CCCNC(=O)[C@H]1CC(=O)[C@H](CCc2ccccc2)NC(=O)[C@@H](Cc2ccc(-c3ccccc3)cc2)NC(=O)[C@H](Cc2ccc(-c3ccccc3)cc2)CC(=O)COc2ccc(cc2)C1. The van der Waals surface area contributed by atoms with E-state index in [9.17, 15) is 28.8 Å². The van der Waals surface area contributed by atoms with Crippen LogP contribution in [0.3, 0.4) is 0 Å². The molecule has 2 heterocycles. The van der Waals surface area contributed by atoms with Crippen LogP contribution in [0, 0.1) is 11.8 Å². The zero-order valence-electron chi connectivity index (χ0n) is 38.0. The van der Waals surface area contributed by atoms with Gasteiger partial charge in [0.15, 0.2) is 11.6 Å². The number of rotatable bonds is 14. The molecule has 3 amide bonds. The largest absolute Gasteiger partial charge is 0.486 e. The molecule has 2 aliphatic rings. The average Bonchev–Trinajstić information content (AvgIpc) is 3.36. The Labute approximate surface area is 397 Å². The summed E-state index contributed by atoms with van der Waals surface area (Å²) in [7, 11) is 0. The van der Waals surface area contributed by atoms with Gasteiger partial charge in [0.05, 0.1) is 6.04 Å². The van der Waals surface area contributed by atoms with E-state index >= 15 is 0 Å². The van der Waals surface area contributed by atoms with E-state index < -0.39 is 47.6 Å². The lowest BCUT2D eigenvalue weighted by atomic mass is 9.89. The van der Waals surface area contributed by atoms with Gasteiger partial charge in [0.25, 0.3) is 0 Å². The van der Waals surface area contributed by atoms with E-state index in [1.807, 2.05) is 140 Å². The molecule has 4 N–H and O–H groups in total. The highest BCUT2D eigenvalue weighted by Crippen LogP contribution is 2.25. The molecule has 8 rings (SSSR count). The molecule has 0 aliphatic carbocycles. The highest BCUT2D eigenvalue weighted by atomic mass is 16.5. The van der Waals surface area contributed by atoms with Gasteiger partial charge in [-0.15, -0.1) is 0 Å². The second-order valence-corrected chi connectivity index (χ2v) is 17.4. The molecule has 6 aromatic carbocycles. The summed E-state index contributed by atoms with van der Waals surface area (Å²) in [5.41, 5.74) is 7.32. The summed E-state index contributed by atoms with van der Waals surface area (Å²) in [5, 5.41) is 18.0. The smallest absolute Gasteiger partial charge is 0.303 e. The molecule has 0 aromatic heterocycles. The predicted molar refractivity (Wildman–Crippen MR) is 262 cm³/mol. The molecule has 0 spiro atoms. The van der Waals surface area contributed by atoms with Crippen LogP contribution in [-0.2, 0) is 54.5 Å². The first-order chi connectivity index (χ1) is 33.1. The maximum absolute atomic E-state index is 14.8. The number of hydrogen-bond acceptors (Lipinski definition) is 7. The minimum atomic E-state index is -1.16. The molecule has 2 aliphatic heterocycles. The lowest BCUT2D eigenvalue weighted by Crippen LogP contribution is -2.54. The van der Waals surface area contributed by atoms with Gasteiger partial charge in [-0.1, -0.05) is 152 Å². The molecule has 348 valence electrons. The number of hydrogen-bond donors (Lipinski definition) is 4. The molecule has 2 bridgehead atoms. The van der Waals surface area contributed by atoms with Gasteiger partial charge in [0.2, 0.25) is 17.7 Å². The van der Waals surface area contributed by atoms with Crippen molar-refractivity contribution >= 4 is 35.3 Å². The Morgan fingerprint density at radius 1 is 0.574 bits per heavy atom. The fourth-order valence-electron chi connectivity index (χ4n) is 8.49. The molecule has 0 radical (unpaired) electrons. The van der Waals surface area contributed by atoms with Crippen LogP contribution in [0.2, 0.25) is 0 Å². The van der Waals surface area contributed by atoms with Crippen LogP contribution in [0.15, 0.2) is 164 Å². The summed E-state index contributed by atoms with van der Waals surface area (Å²) in [6.45, 7) is -0.189. The molecule has 0 saturated heterocycles. The van der Waals surface area contributed by atoms with E-state index in [2.05, 4.69) is 16.0 Å². The first-order valence-corrected chi connectivity index (χ1v) is 23.3. The number of fused-ring (bicyclic) bond motifs is 16. The van der Waals surface area contributed by atoms with Gasteiger partial charge in [-0.2, -0.15) is 0 Å². The summed E-state index contributed by atoms with van der Waals surface area (Å²) in [5.74, 6) is -4.48. The molecule has 0 fully saturated rings. The predicted octanol–water partition coefficient (Wildman–Crippen LogP) is 8.18. The second kappa shape index (κ2) is 24.2. The summed E-state index contributed by atoms with van der Waals surface area (Å²) in [6, 6.07) is 49.7. The molecule has 11 heteroatoms. The number of nitrogens with one attached hydrogen (secondary N) is 3. The van der Waals surface area contributed by atoms with Crippen molar-refractivity contribution in [1.82, 2.24) is 16.0 Å². The number of aryl methyl sites for hydroxylation is 1. The molecule has 11 nitrogen and oxygen atoms in total. The van der Waals surface area contributed by atoms with Crippen LogP contribution in [0.1, 0.15) is 54.4 Å². The third-order valence-electron chi connectivity index (χ3n) is 12.3. The number of carbonyl (C=O) groups is 6. The zero-order chi connectivity index (χ0) is 47.7. The number of ether oxygens (including phenoxy) is 1. The monoisotopic (exact) mass is 911 g/mol. The lowest BCUT2D eigenvalue weighted by Gasteiger charge is -2.26. The first-order valence-electron chi connectivity index (χ1n) is 23.3. The summed E-state index contributed by atoms with van der Waals surface area (Å²) in [6.07, 6.45) is 0.820. The van der Waals surface area contributed by atoms with Crippen molar-refractivity contribution in [3.63, 3.8) is 0 Å². The molecule has 68 heavy (non-hydrogen) atoms. The van der Waals surface area contributed by atoms with Crippen LogP contribution >= 0.6 is 0 Å². The number of ketones is 2. The fraction of sp³-hybridized carbons (Fsp3) is 0.263. The van der Waals surface area contributed by atoms with Crippen molar-refractivity contribution in [2.75, 3.05) is 13.2 Å². The van der Waals surface area contributed by atoms with Crippen LogP contribution in [0.5, 0.6) is 5.75 Å². The number of carboxylic acids is 1. The third-order valence-corrected chi connectivity index (χ3v) is 12.3. The van der Waals surface area contributed by atoms with Gasteiger partial charge in [-0.25, -0.2) is 0 Å². The standard InChI is InChI=1S/C57H57N3O8/c61-49-36-47(33-40-18-25-45(26-19-40)43-13-6-2-7-14-43)56(66)60-52(35-42-20-27-46(28-21-42)44-15-8-3-9-16-44)57(67)59-51(31-24-39-11-4-1-5-12-39)53(62)37-48(55(65)58-32-10-17-54(63)64)34-41-22-29-50(30-23-41)68-38-49/h1-9,11-16,18-23,25-30,47-48,51-52H,10,17,24,31-38H2,(H,58,65)(H,59,67)(H,60,66)(H,63,64)/t47-,48-,51+,52-/m1/s1. The molecular weight excluding hydrogens is 855 g/mol. The summed E-state index contributed by atoms with van der Waals surface area (Å²) < 4.78 is 5.92. The van der Waals surface area contributed by atoms with Gasteiger partial charge in [-0.3, -0.25) is 28.8 Å². The van der Waals surface area contributed by atoms with Crippen LogP contribution in [0.4, 0.5) is 0 Å². The van der Waals surface area contributed by atoms with E-state index in [0.29, 0.717) is 12.2 Å². The van der Waals surface area contributed by atoms with Gasteiger partial charge < -0.3 is 25.8 Å². The van der Waals surface area contributed by atoms with Crippen molar-refractivity contribution in [2.24, 2.45) is 11.8 Å². The van der Waals surface area contributed by atoms with Gasteiger partial charge in [0.1, 0.15) is 18.4 Å². The molecule has 0 unspecified atom stereocenters. The number of carboxylic acid groups (broad SMARTS) is 1. The maximum atomic E-state index is 14.8.